The van der Waals surface area contributed by atoms with Crippen LogP contribution in [0.25, 0.3) is 5.70 Å². The van der Waals surface area contributed by atoms with Crippen molar-refractivity contribution in [3.63, 3.8) is 0 Å². The number of nitrogens with one attached hydrogen (secondary N) is 3. The number of aliphatic imine (C=N–C) groups is 2. The van der Waals surface area contributed by atoms with Crippen LogP contribution in [-0.4, -0.2) is 53.5 Å². The van der Waals surface area contributed by atoms with Crippen LogP contribution < -0.4 is 21.7 Å². The van der Waals surface area contributed by atoms with Crippen LogP contribution in [0.2, 0.25) is 5.02 Å². The van der Waals surface area contributed by atoms with Crippen LogP contribution >= 0.6 is 11.6 Å². The van der Waals surface area contributed by atoms with E-state index in [0.717, 1.165) is 12.3 Å². The summed E-state index contributed by atoms with van der Waals surface area (Å²) in [7, 11) is 0. The second kappa shape index (κ2) is 11.4. The Balaban J connectivity index is 1.46. The molecule has 1 aromatic heterocycles. The van der Waals surface area contributed by atoms with Crippen molar-refractivity contribution in [3.05, 3.63) is 76.1 Å². The first kappa shape index (κ1) is 29.0. The fraction of sp³-hybridized carbons (Fsp3) is 0.296. The molecule has 1 unspecified atom stereocenters. The summed E-state index contributed by atoms with van der Waals surface area (Å²) in [6.07, 6.45) is 2.32. The molecule has 5 rings (SSSR count). The number of pyridine rings is 1. The van der Waals surface area contributed by atoms with Crippen LogP contribution in [0.4, 0.5) is 23.4 Å². The molecule has 0 radical (unpaired) electrons. The molecule has 220 valence electrons. The van der Waals surface area contributed by atoms with Gasteiger partial charge in [0.1, 0.15) is 28.9 Å². The van der Waals surface area contributed by atoms with E-state index in [4.69, 9.17) is 17.3 Å². The Bertz CT molecular complexity index is 1560. The number of benzene rings is 1. The number of aromatic nitrogens is 1. The number of nitrogens with zero attached hydrogens (tertiary/aromatic N) is 4. The fourth-order valence-corrected chi connectivity index (χ4v) is 5.29. The molecule has 0 aliphatic carbocycles. The first-order valence-electron chi connectivity index (χ1n) is 12.9. The second-order valence-electron chi connectivity index (χ2n) is 9.90. The molecule has 1 fully saturated rings. The first-order chi connectivity index (χ1) is 20.0. The van der Waals surface area contributed by atoms with E-state index in [1.54, 1.807) is 11.1 Å². The molecule has 15 heteroatoms. The van der Waals surface area contributed by atoms with Crippen molar-refractivity contribution in [2.24, 2.45) is 21.1 Å². The molecule has 3 aliphatic rings. The molecule has 1 saturated heterocycles. The average molecular weight is 605 g/mol. The third-order valence-corrected chi connectivity index (χ3v) is 7.64. The molecule has 0 saturated carbocycles. The van der Waals surface area contributed by atoms with E-state index >= 15 is 4.39 Å². The van der Waals surface area contributed by atoms with Crippen molar-refractivity contribution in [1.82, 2.24) is 20.5 Å². The van der Waals surface area contributed by atoms with Gasteiger partial charge in [-0.05, 0) is 43.5 Å². The molecule has 1 aromatic carbocycles. The SMILES string of the molecule is NC1=NC=CN2CCC3(CCN/C=N/C(c4ccc(C(=O)Nc5cc(C(F)(F)F)c(Cl)cn5)cc4F)=C/12)CCNC3=O. The predicted molar refractivity (Wildman–Crippen MR) is 149 cm³/mol. The zero-order valence-corrected chi connectivity index (χ0v) is 22.7. The molecular formula is C27H25ClF4N8O2. The van der Waals surface area contributed by atoms with Gasteiger partial charge in [0.15, 0.2) is 0 Å². The number of hydrogen-bond acceptors (Lipinski definition) is 8. The summed E-state index contributed by atoms with van der Waals surface area (Å²) in [5.74, 6) is -2.09. The Morgan fingerprint density at radius 1 is 1.17 bits per heavy atom. The van der Waals surface area contributed by atoms with Crippen LogP contribution in [0.1, 0.15) is 40.7 Å². The number of halogens is 5. The van der Waals surface area contributed by atoms with Crippen molar-refractivity contribution < 1.29 is 27.2 Å². The lowest BCUT2D eigenvalue weighted by molar-refractivity contribution is -0.137. The standard InChI is InChI=1S/C27H25ClF4N8O2/c28-18-13-37-20(12-17(18)27(30,31)32)39-24(41)15-1-2-16(19(29)11-15)21-22-23(33)35-8-10-40(22)9-5-26(3-6-34-14-38-21)4-7-36-25(26)42/h1-2,8,10-14H,3-7,9H2,(H2,33,35)(H,34,38)(H,36,42)(H,37,39,41)/b22-21-. The van der Waals surface area contributed by atoms with Gasteiger partial charge in [-0.15, -0.1) is 0 Å². The first-order valence-corrected chi connectivity index (χ1v) is 13.3. The molecule has 2 aromatic rings. The van der Waals surface area contributed by atoms with Crippen LogP contribution in [0.5, 0.6) is 0 Å². The highest BCUT2D eigenvalue weighted by Crippen LogP contribution is 2.37. The summed E-state index contributed by atoms with van der Waals surface area (Å²) in [4.78, 5) is 39.6. The van der Waals surface area contributed by atoms with E-state index in [0.29, 0.717) is 50.7 Å². The Labute approximate surface area is 242 Å². The van der Waals surface area contributed by atoms with E-state index in [2.05, 4.69) is 30.9 Å². The fourth-order valence-electron chi connectivity index (χ4n) is 5.08. The average Bonchev–Trinajstić information content (AvgIpc) is 3.28. The number of fused-ring (bicyclic) bond motifs is 1. The molecule has 1 atom stereocenters. The van der Waals surface area contributed by atoms with Crippen LogP contribution in [0.3, 0.4) is 0 Å². The van der Waals surface area contributed by atoms with Gasteiger partial charge < -0.3 is 26.6 Å². The minimum atomic E-state index is -4.76. The Kier molecular flexibility index (Phi) is 7.91. The lowest BCUT2D eigenvalue weighted by Crippen LogP contribution is -2.38. The van der Waals surface area contributed by atoms with Gasteiger partial charge in [-0.1, -0.05) is 11.6 Å². The molecular weight excluding hydrogens is 580 g/mol. The van der Waals surface area contributed by atoms with Gasteiger partial charge in [0.2, 0.25) is 5.91 Å². The Hall–Kier alpha value is -4.46. The topological polar surface area (TPSA) is 137 Å². The summed E-state index contributed by atoms with van der Waals surface area (Å²) in [6.45, 7) is 1.42. The predicted octanol–water partition coefficient (Wildman–Crippen LogP) is 3.88. The minimum absolute atomic E-state index is 0.00500. The highest BCUT2D eigenvalue weighted by molar-refractivity contribution is 6.31. The Morgan fingerprint density at radius 3 is 2.67 bits per heavy atom. The zero-order valence-electron chi connectivity index (χ0n) is 21.9. The van der Waals surface area contributed by atoms with Crippen molar-refractivity contribution >= 4 is 47.1 Å². The van der Waals surface area contributed by atoms with Crippen molar-refractivity contribution in [2.75, 3.05) is 25.0 Å². The summed E-state index contributed by atoms with van der Waals surface area (Å²) in [5, 5.41) is 7.56. The number of amidine groups is 1. The molecule has 4 heterocycles. The van der Waals surface area contributed by atoms with Gasteiger partial charge in [0.25, 0.3) is 5.91 Å². The number of rotatable bonds is 3. The highest BCUT2D eigenvalue weighted by atomic mass is 35.5. The molecule has 1 spiro atoms. The normalized spacial score (nSPS) is 23.4. The monoisotopic (exact) mass is 604 g/mol. The van der Waals surface area contributed by atoms with Crippen molar-refractivity contribution in [2.45, 2.75) is 25.4 Å². The van der Waals surface area contributed by atoms with Gasteiger partial charge in [0.05, 0.1) is 22.3 Å². The third-order valence-electron chi connectivity index (χ3n) is 7.34. The van der Waals surface area contributed by atoms with Gasteiger partial charge >= 0.3 is 6.18 Å². The van der Waals surface area contributed by atoms with Gasteiger partial charge in [0, 0.05) is 49.4 Å². The van der Waals surface area contributed by atoms with Gasteiger partial charge in [-0.2, -0.15) is 13.2 Å². The summed E-state index contributed by atoms with van der Waals surface area (Å²) in [5.41, 5.74) is 4.75. The molecule has 10 nitrogen and oxygen atoms in total. The molecule has 42 heavy (non-hydrogen) atoms. The molecule has 3 aliphatic heterocycles. The molecule has 5 N–H and O–H groups in total. The smallest absolute Gasteiger partial charge is 0.382 e. The number of anilines is 1. The molecule has 0 bridgehead atoms. The van der Waals surface area contributed by atoms with E-state index in [9.17, 15) is 22.8 Å². The molecule has 2 amide bonds. The van der Waals surface area contributed by atoms with Crippen molar-refractivity contribution in [1.29, 1.82) is 0 Å². The third kappa shape index (κ3) is 5.79. The van der Waals surface area contributed by atoms with Crippen LogP contribution in [0.15, 0.2) is 58.5 Å². The van der Waals surface area contributed by atoms with Gasteiger partial charge in [-0.3, -0.25) is 9.59 Å². The maximum atomic E-state index is 15.6. The number of carbonyl (C=O) groups is 2. The van der Waals surface area contributed by atoms with E-state index in [1.165, 1.54) is 24.7 Å². The number of carbonyl (C=O) groups excluding carboxylic acids is 2. The Morgan fingerprint density at radius 2 is 1.95 bits per heavy atom. The van der Waals surface area contributed by atoms with E-state index in [-0.39, 0.29) is 28.6 Å². The largest absolute Gasteiger partial charge is 0.418 e. The highest BCUT2D eigenvalue weighted by Gasteiger charge is 2.42. The number of alkyl halides is 3. The zero-order chi connectivity index (χ0) is 30.1. The summed E-state index contributed by atoms with van der Waals surface area (Å²) in [6, 6.07) is 4.13. The van der Waals surface area contributed by atoms with Crippen molar-refractivity contribution in [3.8, 4) is 0 Å². The summed E-state index contributed by atoms with van der Waals surface area (Å²) >= 11 is 5.59. The van der Waals surface area contributed by atoms with Crippen LogP contribution in [-0.2, 0) is 11.0 Å². The lowest BCUT2D eigenvalue weighted by atomic mass is 9.79. The van der Waals surface area contributed by atoms with E-state index < -0.39 is 39.7 Å². The minimum Gasteiger partial charge on any atom is -0.382 e. The maximum absolute atomic E-state index is 15.6. The number of hydrogen-bond donors (Lipinski definition) is 4. The maximum Gasteiger partial charge on any atom is 0.418 e. The number of nitrogens with two attached hydrogens (primary N) is 1. The second-order valence-corrected chi connectivity index (χ2v) is 10.3. The lowest BCUT2D eigenvalue weighted by Gasteiger charge is -2.31. The quantitative estimate of drug-likeness (QED) is 0.393. The van der Waals surface area contributed by atoms with Crippen LogP contribution in [0, 0.1) is 11.2 Å². The summed E-state index contributed by atoms with van der Waals surface area (Å²) < 4.78 is 55.2. The van der Waals surface area contributed by atoms with Gasteiger partial charge in [-0.25, -0.2) is 19.4 Å². The van der Waals surface area contributed by atoms with E-state index in [1.807, 2.05) is 0 Å². The number of amides is 2.